The summed E-state index contributed by atoms with van der Waals surface area (Å²) in [5.41, 5.74) is 2.48. The van der Waals surface area contributed by atoms with Gasteiger partial charge in [-0.1, -0.05) is 18.2 Å². The van der Waals surface area contributed by atoms with E-state index in [1.54, 1.807) is 23.4 Å². The van der Waals surface area contributed by atoms with Gasteiger partial charge in [-0.3, -0.25) is 9.97 Å². The van der Waals surface area contributed by atoms with Crippen molar-refractivity contribution in [1.29, 1.82) is 0 Å². The van der Waals surface area contributed by atoms with Crippen molar-refractivity contribution in [2.75, 3.05) is 31.1 Å². The fraction of sp³-hybridized carbons (Fsp3) is 0.250. The molecule has 3 aromatic rings. The number of aromatic nitrogens is 2. The van der Waals surface area contributed by atoms with E-state index in [9.17, 15) is 9.18 Å². The molecule has 2 amide bonds. The molecule has 1 aliphatic heterocycles. The molecular formula is C20H20FN5O. The Hall–Kier alpha value is -3.22. The van der Waals surface area contributed by atoms with Gasteiger partial charge in [0, 0.05) is 50.5 Å². The molecule has 0 radical (unpaired) electrons. The molecule has 2 aromatic heterocycles. The van der Waals surface area contributed by atoms with Gasteiger partial charge in [0.15, 0.2) is 5.82 Å². The van der Waals surface area contributed by atoms with E-state index >= 15 is 0 Å². The van der Waals surface area contributed by atoms with Crippen LogP contribution < -0.4 is 10.2 Å². The number of rotatable bonds is 3. The molecule has 0 saturated carbocycles. The molecule has 6 nitrogen and oxygen atoms in total. The molecule has 0 aliphatic carbocycles. The predicted octanol–water partition coefficient (Wildman–Crippen LogP) is 2.80. The number of nitrogens with one attached hydrogen (secondary N) is 1. The minimum Gasteiger partial charge on any atom is -0.366 e. The standard InChI is InChI=1S/C20H20FN5O/c21-17-14-22-8-6-19(17)25-9-11-26(12-10-25)20(27)24-13-15-3-1-5-18-16(15)4-2-7-23-18/h1-8,14H,9-13H2,(H,24,27). The molecule has 1 aliphatic rings. The normalized spacial score (nSPS) is 14.4. The van der Waals surface area contributed by atoms with Gasteiger partial charge in [-0.2, -0.15) is 0 Å². The highest BCUT2D eigenvalue weighted by Crippen LogP contribution is 2.19. The number of amides is 2. The van der Waals surface area contributed by atoms with Gasteiger partial charge in [-0.25, -0.2) is 9.18 Å². The topological polar surface area (TPSA) is 61.4 Å². The maximum atomic E-state index is 13.9. The van der Waals surface area contributed by atoms with E-state index in [4.69, 9.17) is 0 Å². The fourth-order valence-corrected chi connectivity index (χ4v) is 3.38. The molecule has 1 fully saturated rings. The molecule has 7 heteroatoms. The van der Waals surface area contributed by atoms with Gasteiger partial charge in [0.25, 0.3) is 0 Å². The number of pyridine rings is 2. The number of hydrogen-bond donors (Lipinski definition) is 1. The van der Waals surface area contributed by atoms with Gasteiger partial charge in [-0.15, -0.1) is 0 Å². The molecule has 0 atom stereocenters. The number of halogens is 1. The van der Waals surface area contributed by atoms with E-state index < -0.39 is 0 Å². The molecule has 0 spiro atoms. The molecule has 1 aromatic carbocycles. The summed E-state index contributed by atoms with van der Waals surface area (Å²) in [7, 11) is 0. The third-order valence-electron chi connectivity index (χ3n) is 4.82. The van der Waals surface area contributed by atoms with Gasteiger partial charge >= 0.3 is 6.03 Å². The summed E-state index contributed by atoms with van der Waals surface area (Å²) in [6.07, 6.45) is 4.56. The Morgan fingerprint density at radius 2 is 1.93 bits per heavy atom. The van der Waals surface area contributed by atoms with Crippen LogP contribution >= 0.6 is 0 Å². The van der Waals surface area contributed by atoms with Crippen LogP contribution in [0, 0.1) is 5.82 Å². The average molecular weight is 365 g/mol. The number of carbonyl (C=O) groups is 1. The largest absolute Gasteiger partial charge is 0.366 e. The van der Waals surface area contributed by atoms with E-state index in [2.05, 4.69) is 15.3 Å². The molecule has 0 bridgehead atoms. The van der Waals surface area contributed by atoms with E-state index in [0.717, 1.165) is 16.5 Å². The lowest BCUT2D eigenvalue weighted by molar-refractivity contribution is 0.194. The zero-order chi connectivity index (χ0) is 18.6. The summed E-state index contributed by atoms with van der Waals surface area (Å²) in [6, 6.07) is 11.4. The summed E-state index contributed by atoms with van der Waals surface area (Å²) >= 11 is 0. The van der Waals surface area contributed by atoms with Crippen LogP contribution in [0.2, 0.25) is 0 Å². The molecule has 1 saturated heterocycles. The second kappa shape index (κ2) is 7.57. The van der Waals surface area contributed by atoms with Crippen LogP contribution in [0.15, 0.2) is 55.0 Å². The van der Waals surface area contributed by atoms with Gasteiger partial charge in [0.1, 0.15) is 0 Å². The lowest BCUT2D eigenvalue weighted by Crippen LogP contribution is -2.51. The fourth-order valence-electron chi connectivity index (χ4n) is 3.38. The van der Waals surface area contributed by atoms with Crippen molar-refractivity contribution in [3.05, 3.63) is 66.4 Å². The first-order valence-corrected chi connectivity index (χ1v) is 8.92. The lowest BCUT2D eigenvalue weighted by Gasteiger charge is -2.36. The van der Waals surface area contributed by atoms with E-state index in [1.165, 1.54) is 6.20 Å². The highest BCUT2D eigenvalue weighted by atomic mass is 19.1. The number of fused-ring (bicyclic) bond motifs is 1. The van der Waals surface area contributed by atoms with Gasteiger partial charge in [-0.05, 0) is 23.8 Å². The minimum atomic E-state index is -0.333. The summed E-state index contributed by atoms with van der Waals surface area (Å²) in [4.78, 5) is 24.3. The van der Waals surface area contributed by atoms with Crippen LogP contribution in [0.1, 0.15) is 5.56 Å². The minimum absolute atomic E-state index is 0.106. The summed E-state index contributed by atoms with van der Waals surface area (Å²) < 4.78 is 13.9. The van der Waals surface area contributed by atoms with Crippen molar-refractivity contribution in [1.82, 2.24) is 20.2 Å². The molecule has 138 valence electrons. The number of nitrogens with zero attached hydrogens (tertiary/aromatic N) is 4. The van der Waals surface area contributed by atoms with Crippen LogP contribution in [0.5, 0.6) is 0 Å². The first-order valence-electron chi connectivity index (χ1n) is 8.92. The molecule has 3 heterocycles. The van der Waals surface area contributed by atoms with Crippen LogP contribution in [-0.2, 0) is 6.54 Å². The first-order chi connectivity index (χ1) is 13.2. The molecule has 0 unspecified atom stereocenters. The Kier molecular flexibility index (Phi) is 4.82. The lowest BCUT2D eigenvalue weighted by atomic mass is 10.1. The van der Waals surface area contributed by atoms with Crippen molar-refractivity contribution in [3.8, 4) is 0 Å². The average Bonchev–Trinajstić information content (AvgIpc) is 2.72. The Bertz CT molecular complexity index is 951. The third kappa shape index (κ3) is 3.67. The number of piperazine rings is 1. The van der Waals surface area contributed by atoms with Gasteiger partial charge in [0.05, 0.1) is 17.4 Å². The molecule has 27 heavy (non-hydrogen) atoms. The zero-order valence-electron chi connectivity index (χ0n) is 14.8. The summed E-state index contributed by atoms with van der Waals surface area (Å²) in [5.74, 6) is -0.333. The maximum absolute atomic E-state index is 13.9. The second-order valence-corrected chi connectivity index (χ2v) is 6.45. The van der Waals surface area contributed by atoms with Crippen molar-refractivity contribution in [2.45, 2.75) is 6.54 Å². The third-order valence-corrected chi connectivity index (χ3v) is 4.82. The second-order valence-electron chi connectivity index (χ2n) is 6.45. The van der Waals surface area contributed by atoms with Crippen LogP contribution in [-0.4, -0.2) is 47.1 Å². The van der Waals surface area contributed by atoms with Gasteiger partial charge in [0.2, 0.25) is 0 Å². The van der Waals surface area contributed by atoms with Crippen molar-refractivity contribution in [2.24, 2.45) is 0 Å². The van der Waals surface area contributed by atoms with Crippen molar-refractivity contribution >= 4 is 22.6 Å². The number of hydrogen-bond acceptors (Lipinski definition) is 4. The number of carbonyl (C=O) groups excluding carboxylic acids is 1. The van der Waals surface area contributed by atoms with E-state index in [0.29, 0.717) is 38.4 Å². The Balaban J connectivity index is 1.35. The Morgan fingerprint density at radius 1 is 1.07 bits per heavy atom. The number of benzene rings is 1. The molecule has 4 rings (SSSR count). The predicted molar refractivity (Wildman–Crippen MR) is 102 cm³/mol. The van der Waals surface area contributed by atoms with Crippen LogP contribution in [0.3, 0.4) is 0 Å². The molecule has 1 N–H and O–H groups in total. The highest BCUT2D eigenvalue weighted by molar-refractivity contribution is 5.82. The maximum Gasteiger partial charge on any atom is 0.317 e. The summed E-state index contributed by atoms with van der Waals surface area (Å²) in [6.45, 7) is 2.72. The SMILES string of the molecule is O=C(NCc1cccc2ncccc12)N1CCN(c2ccncc2F)CC1. The van der Waals surface area contributed by atoms with Gasteiger partial charge < -0.3 is 15.1 Å². The first kappa shape index (κ1) is 17.2. The Morgan fingerprint density at radius 3 is 2.74 bits per heavy atom. The van der Waals surface area contributed by atoms with E-state index in [1.807, 2.05) is 35.2 Å². The monoisotopic (exact) mass is 365 g/mol. The van der Waals surface area contributed by atoms with E-state index in [-0.39, 0.29) is 11.8 Å². The summed E-state index contributed by atoms with van der Waals surface area (Å²) in [5, 5.41) is 4.02. The highest BCUT2D eigenvalue weighted by Gasteiger charge is 2.22. The van der Waals surface area contributed by atoms with Crippen LogP contribution in [0.25, 0.3) is 10.9 Å². The number of anilines is 1. The molecular weight excluding hydrogens is 345 g/mol. The quantitative estimate of drug-likeness (QED) is 0.775. The zero-order valence-corrected chi connectivity index (χ0v) is 14.8. The smallest absolute Gasteiger partial charge is 0.317 e. The van der Waals surface area contributed by atoms with Crippen LogP contribution in [0.4, 0.5) is 14.9 Å². The van der Waals surface area contributed by atoms with Crippen molar-refractivity contribution in [3.63, 3.8) is 0 Å². The number of urea groups is 1. The van der Waals surface area contributed by atoms with Crippen molar-refractivity contribution < 1.29 is 9.18 Å². The Labute approximate surface area is 156 Å².